The number of carbonyl (C=O) groups is 12. The third-order valence-electron chi connectivity index (χ3n) is 10.3. The number of ether oxygens (including phenoxy) is 4. The summed E-state index contributed by atoms with van der Waals surface area (Å²) in [5, 5.41) is 46.3. The summed E-state index contributed by atoms with van der Waals surface area (Å²) in [4.78, 5) is 138. The number of unbranched alkanes of at least 4 members (excludes halogenated alkanes) is 1. The molecule has 0 aliphatic rings. The van der Waals surface area contributed by atoms with Crippen molar-refractivity contribution in [2.24, 2.45) is 5.92 Å². The van der Waals surface area contributed by atoms with Crippen LogP contribution in [0.1, 0.15) is 126 Å². The predicted octanol–water partition coefficient (Wildman–Crippen LogP) is 1.99. The first-order valence-corrected chi connectivity index (χ1v) is 24.1. The van der Waals surface area contributed by atoms with Gasteiger partial charge in [-0.3, -0.25) is 43.2 Å². The van der Waals surface area contributed by atoms with E-state index in [9.17, 15) is 67.7 Å². The van der Waals surface area contributed by atoms with Crippen LogP contribution in [-0.4, -0.2) is 169 Å². The maximum Gasteiger partial charge on any atom is 0.372 e. The van der Waals surface area contributed by atoms with Gasteiger partial charge < -0.3 is 60.6 Å². The zero-order chi connectivity index (χ0) is 55.0. The van der Waals surface area contributed by atoms with Crippen molar-refractivity contribution in [3.8, 4) is 0 Å². The Morgan fingerprint density at radius 3 is 1.64 bits per heavy atom. The minimum absolute atomic E-state index is 0.00664. The van der Waals surface area contributed by atoms with E-state index in [2.05, 4.69) is 21.3 Å². The molecule has 4 amide bonds. The molecule has 0 heterocycles. The molecule has 0 saturated heterocycles. The van der Waals surface area contributed by atoms with Crippen LogP contribution >= 0.6 is 0 Å². The molecule has 1 rings (SSSR count). The number of rotatable bonds is 43. The number of carboxylic acid groups (broad SMARTS) is 4. The van der Waals surface area contributed by atoms with Crippen LogP contribution in [0, 0.1) is 12.8 Å². The van der Waals surface area contributed by atoms with Gasteiger partial charge in [0.15, 0.2) is 5.78 Å². The lowest BCUT2D eigenvalue weighted by Crippen LogP contribution is -2.42. The summed E-state index contributed by atoms with van der Waals surface area (Å²) in [7, 11) is 0. The van der Waals surface area contributed by atoms with E-state index in [-0.39, 0.29) is 114 Å². The first kappa shape index (κ1) is 66.5. The highest BCUT2D eigenvalue weighted by molar-refractivity contribution is 6.32. The quantitative estimate of drug-likeness (QED) is 0.0342. The van der Waals surface area contributed by atoms with Gasteiger partial charge in [0.05, 0.1) is 39.0 Å². The minimum atomic E-state index is -1.56. The van der Waals surface area contributed by atoms with Crippen molar-refractivity contribution in [1.82, 2.24) is 21.3 Å². The number of hydrogen-bond acceptors (Lipinski definition) is 16. The van der Waals surface area contributed by atoms with Gasteiger partial charge in [-0.25, -0.2) is 14.4 Å². The minimum Gasteiger partial charge on any atom is -0.481 e. The highest BCUT2D eigenvalue weighted by atomic mass is 16.5. The van der Waals surface area contributed by atoms with E-state index >= 15 is 0 Å². The summed E-state index contributed by atoms with van der Waals surface area (Å²) in [6, 6.07) is 4.70. The van der Waals surface area contributed by atoms with E-state index in [1.165, 1.54) is 6.92 Å². The topological polar surface area (TPSA) is 371 Å². The molecule has 0 radical (unpaired) electrons. The molecular formula is C49H74N4O20. The second-order valence-electron chi connectivity index (χ2n) is 16.7. The lowest BCUT2D eigenvalue weighted by Gasteiger charge is -2.15. The molecule has 0 aliphatic heterocycles. The van der Waals surface area contributed by atoms with Crippen LogP contribution in [0.25, 0.3) is 0 Å². The first-order valence-electron chi connectivity index (χ1n) is 24.1. The number of carbonyl (C=O) groups excluding carboxylic acids is 8. The Kier molecular flexibility index (Phi) is 37.4. The summed E-state index contributed by atoms with van der Waals surface area (Å²) >= 11 is 0. The SMILES string of the molecule is CC(=O)NCCOCCOCC(=O)CCCNC(=O)c1ccc(C)cc1.CCCC(CC(=O)CC[C@H](NC(=O)COCCOCCCC(=O)CC[C@H](NC(=O)CCCCC(=O)C(=O)O)C(=O)O)C(=O)O)C(=O)O. The van der Waals surface area contributed by atoms with Crippen LogP contribution in [0.3, 0.4) is 0 Å². The molecule has 0 spiro atoms. The highest BCUT2D eigenvalue weighted by Crippen LogP contribution is 2.15. The van der Waals surface area contributed by atoms with Crippen LogP contribution in [0.5, 0.6) is 0 Å². The Bertz CT molecular complexity index is 1920. The number of aliphatic carboxylic acids is 4. The monoisotopic (exact) mass is 1040 g/mol. The van der Waals surface area contributed by atoms with E-state index in [0.29, 0.717) is 70.6 Å². The van der Waals surface area contributed by atoms with Crippen molar-refractivity contribution in [3.63, 3.8) is 0 Å². The molecule has 0 aliphatic carbocycles. The standard InChI is InChI=1S/C30H46N2O15.C19H28N2O5/c1-2-6-19(27(38)39)17-21(34)11-13-23(29(42)43)32-26(37)18-47-16-15-46-14-5-7-20(33)10-12-22(28(40)41)31-25(36)9-4-3-8-24(35)30(44)45;1-15-5-7-17(8-6-15)19(24)21-9-3-4-18(23)14-26-13-12-25-11-10-20-16(2)22/h19,22-23H,2-18H2,1H3,(H,31,36)(H,32,37)(H,38,39)(H,40,41)(H,42,43)(H,44,45);5-8H,3-4,9-14H2,1-2H3,(H,20,22)(H,21,24)/t19?,22-,23-;/m0./s1. The van der Waals surface area contributed by atoms with Crippen LogP contribution in [0.4, 0.5) is 0 Å². The van der Waals surface area contributed by atoms with E-state index in [1.54, 1.807) is 19.1 Å². The zero-order valence-electron chi connectivity index (χ0n) is 42.0. The number of benzene rings is 1. The van der Waals surface area contributed by atoms with Gasteiger partial charge in [0.25, 0.3) is 5.91 Å². The number of hydrogen-bond donors (Lipinski definition) is 8. The molecule has 0 saturated carbocycles. The van der Waals surface area contributed by atoms with Crippen molar-refractivity contribution in [2.45, 2.75) is 129 Å². The summed E-state index contributed by atoms with van der Waals surface area (Å²) < 4.78 is 20.9. The van der Waals surface area contributed by atoms with Crippen molar-refractivity contribution in [2.75, 3.05) is 65.9 Å². The van der Waals surface area contributed by atoms with Gasteiger partial charge >= 0.3 is 23.9 Å². The number of aryl methyl sites for hydroxylation is 1. The maximum absolute atomic E-state index is 12.1. The maximum atomic E-state index is 12.1. The molecule has 1 aromatic carbocycles. The molecule has 0 fully saturated rings. The van der Waals surface area contributed by atoms with Crippen LogP contribution in [0.2, 0.25) is 0 Å². The van der Waals surface area contributed by atoms with Crippen LogP contribution in [0.15, 0.2) is 24.3 Å². The van der Waals surface area contributed by atoms with Crippen molar-refractivity contribution in [1.29, 1.82) is 0 Å². The number of amides is 4. The largest absolute Gasteiger partial charge is 0.481 e. The summed E-state index contributed by atoms with van der Waals surface area (Å²) in [5.41, 5.74) is 1.72. The second-order valence-corrected chi connectivity index (χ2v) is 16.7. The number of carboxylic acids is 4. The molecule has 410 valence electrons. The average Bonchev–Trinajstić information content (AvgIpc) is 3.33. The van der Waals surface area contributed by atoms with Gasteiger partial charge in [-0.2, -0.15) is 0 Å². The summed E-state index contributed by atoms with van der Waals surface area (Å²) in [6.07, 6.45) is 1.44. The lowest BCUT2D eigenvalue weighted by atomic mass is 9.95. The van der Waals surface area contributed by atoms with Gasteiger partial charge in [-0.15, -0.1) is 0 Å². The fourth-order valence-corrected chi connectivity index (χ4v) is 6.30. The van der Waals surface area contributed by atoms with E-state index < -0.39 is 71.9 Å². The average molecular weight is 1040 g/mol. The molecule has 24 nitrogen and oxygen atoms in total. The first-order chi connectivity index (χ1) is 34.7. The number of Topliss-reactive ketones (excluding diaryl/α,β-unsaturated/α-hetero) is 4. The molecule has 8 N–H and O–H groups in total. The predicted molar refractivity (Wildman–Crippen MR) is 258 cm³/mol. The second kappa shape index (κ2) is 41.0. The third kappa shape index (κ3) is 37.0. The van der Waals surface area contributed by atoms with Gasteiger partial charge in [0.2, 0.25) is 23.5 Å². The Morgan fingerprint density at radius 1 is 0.521 bits per heavy atom. The number of nitrogens with one attached hydrogen (secondary N) is 4. The molecule has 1 unspecified atom stereocenters. The van der Waals surface area contributed by atoms with E-state index in [0.717, 1.165) is 5.56 Å². The van der Waals surface area contributed by atoms with E-state index in [4.69, 9.17) is 29.2 Å². The van der Waals surface area contributed by atoms with Crippen LogP contribution in [-0.2, 0) is 71.7 Å². The smallest absolute Gasteiger partial charge is 0.372 e. The Balaban J connectivity index is 0.00000167. The fourth-order valence-electron chi connectivity index (χ4n) is 6.30. The molecule has 3 atom stereocenters. The molecule has 73 heavy (non-hydrogen) atoms. The van der Waals surface area contributed by atoms with Crippen molar-refractivity contribution >= 4 is 70.6 Å². The third-order valence-corrected chi connectivity index (χ3v) is 10.3. The van der Waals surface area contributed by atoms with Gasteiger partial charge in [0.1, 0.15) is 36.9 Å². The Labute approximate surface area is 424 Å². The molecule has 0 bridgehead atoms. The van der Waals surface area contributed by atoms with Crippen molar-refractivity contribution < 1.29 is 96.9 Å². The highest BCUT2D eigenvalue weighted by Gasteiger charge is 2.25. The molecule has 0 aromatic heterocycles. The van der Waals surface area contributed by atoms with Crippen LogP contribution < -0.4 is 21.3 Å². The Morgan fingerprint density at radius 2 is 1.07 bits per heavy atom. The molecule has 24 heteroatoms. The summed E-state index contributed by atoms with van der Waals surface area (Å²) in [6.45, 7) is 7.03. The number of ketones is 4. The zero-order valence-corrected chi connectivity index (χ0v) is 42.0. The molecular weight excluding hydrogens is 965 g/mol. The van der Waals surface area contributed by atoms with E-state index in [1.807, 2.05) is 19.1 Å². The van der Waals surface area contributed by atoms with Gasteiger partial charge in [0, 0.05) is 77.1 Å². The van der Waals surface area contributed by atoms with Gasteiger partial charge in [-0.1, -0.05) is 31.0 Å². The van der Waals surface area contributed by atoms with Gasteiger partial charge in [-0.05, 0) is 64.0 Å². The molecule has 1 aromatic rings. The normalized spacial score (nSPS) is 11.9. The Hall–Kier alpha value is -6.50. The fraction of sp³-hybridized carbons (Fsp3) is 0.633. The van der Waals surface area contributed by atoms with Crippen molar-refractivity contribution in [3.05, 3.63) is 35.4 Å². The lowest BCUT2D eigenvalue weighted by molar-refractivity contribution is -0.149. The summed E-state index contributed by atoms with van der Waals surface area (Å²) in [5.74, 6) is -9.32.